The van der Waals surface area contributed by atoms with Crippen molar-refractivity contribution in [2.45, 2.75) is 77.6 Å². The molecule has 0 heterocycles. The monoisotopic (exact) mass is 386 g/mol. The van der Waals surface area contributed by atoms with E-state index in [2.05, 4.69) is 26.0 Å². The molecule has 2 aromatic carbocycles. The van der Waals surface area contributed by atoms with E-state index < -0.39 is 0 Å². The fraction of sp³-hybridized carbons (Fsp3) is 0.520. The molecule has 0 N–H and O–H groups in total. The van der Waals surface area contributed by atoms with Crippen LogP contribution in [0.1, 0.15) is 80.5 Å². The summed E-state index contributed by atoms with van der Waals surface area (Å²) in [5, 5.41) is 0. The predicted octanol–water partition coefficient (Wildman–Crippen LogP) is 7.15. The van der Waals surface area contributed by atoms with Crippen LogP contribution in [0, 0.1) is 11.6 Å². The van der Waals surface area contributed by atoms with Crippen LogP contribution in [0.25, 0.3) is 0 Å². The second kappa shape index (κ2) is 10.0. The van der Waals surface area contributed by atoms with Gasteiger partial charge >= 0.3 is 0 Å². The molecule has 152 valence electrons. The van der Waals surface area contributed by atoms with Gasteiger partial charge in [0.25, 0.3) is 0 Å². The number of ether oxygens (including phenoxy) is 1. The van der Waals surface area contributed by atoms with E-state index in [-0.39, 0.29) is 23.1 Å². The van der Waals surface area contributed by atoms with Crippen molar-refractivity contribution >= 4 is 0 Å². The van der Waals surface area contributed by atoms with Gasteiger partial charge in [-0.25, -0.2) is 8.78 Å². The van der Waals surface area contributed by atoms with Crippen LogP contribution in [-0.4, -0.2) is 6.61 Å². The Balaban J connectivity index is 1.71. The third-order valence-electron chi connectivity index (χ3n) is 5.79. The van der Waals surface area contributed by atoms with Crippen molar-refractivity contribution < 1.29 is 13.5 Å². The van der Waals surface area contributed by atoms with Crippen molar-refractivity contribution in [3.05, 3.63) is 64.2 Å². The summed E-state index contributed by atoms with van der Waals surface area (Å²) in [6.45, 7) is 5.01. The lowest BCUT2D eigenvalue weighted by molar-refractivity contribution is 0.308. The molecule has 0 spiro atoms. The van der Waals surface area contributed by atoms with Gasteiger partial charge < -0.3 is 4.74 Å². The van der Waals surface area contributed by atoms with Gasteiger partial charge in [0.1, 0.15) is 17.4 Å². The molecule has 0 aliphatic heterocycles. The van der Waals surface area contributed by atoms with Crippen LogP contribution in [0.4, 0.5) is 8.78 Å². The van der Waals surface area contributed by atoms with Crippen LogP contribution in [0.2, 0.25) is 0 Å². The van der Waals surface area contributed by atoms with Crippen molar-refractivity contribution in [2.24, 2.45) is 0 Å². The van der Waals surface area contributed by atoms with Crippen LogP contribution < -0.4 is 4.74 Å². The van der Waals surface area contributed by atoms with Crippen LogP contribution in [0.15, 0.2) is 30.3 Å². The zero-order valence-corrected chi connectivity index (χ0v) is 17.2. The third-order valence-corrected chi connectivity index (χ3v) is 5.79. The Labute approximate surface area is 168 Å². The highest BCUT2D eigenvalue weighted by atomic mass is 19.1. The molecule has 28 heavy (non-hydrogen) atoms. The van der Waals surface area contributed by atoms with Gasteiger partial charge in [-0.05, 0) is 85.4 Å². The second-order valence-corrected chi connectivity index (χ2v) is 8.00. The highest BCUT2D eigenvalue weighted by Gasteiger charge is 2.26. The molecule has 0 radical (unpaired) electrons. The standard InChI is InChI=1S/C25H32F2O/c1-3-5-7-8-18-14-23(26)25(24(27)15-18)21-10-9-20-17-22(28-13-6-4-2)12-11-19(20)16-21/h11-12,14-15,17,21H,3-10,13,16H2,1-2H3. The van der Waals surface area contributed by atoms with E-state index in [9.17, 15) is 8.78 Å². The van der Waals surface area contributed by atoms with E-state index in [1.165, 1.54) is 11.1 Å². The first-order valence-electron chi connectivity index (χ1n) is 10.8. The van der Waals surface area contributed by atoms with E-state index >= 15 is 0 Å². The average molecular weight is 387 g/mol. The molecule has 1 unspecified atom stereocenters. The lowest BCUT2D eigenvalue weighted by atomic mass is 9.79. The second-order valence-electron chi connectivity index (χ2n) is 8.00. The Morgan fingerprint density at radius 2 is 1.68 bits per heavy atom. The molecule has 1 nitrogen and oxygen atoms in total. The summed E-state index contributed by atoms with van der Waals surface area (Å²) >= 11 is 0. The zero-order chi connectivity index (χ0) is 19.9. The molecule has 0 fully saturated rings. The minimum Gasteiger partial charge on any atom is -0.494 e. The van der Waals surface area contributed by atoms with Crippen molar-refractivity contribution in [1.82, 2.24) is 0 Å². The van der Waals surface area contributed by atoms with Crippen molar-refractivity contribution in [1.29, 1.82) is 0 Å². The van der Waals surface area contributed by atoms with E-state index in [1.807, 2.05) is 6.07 Å². The minimum absolute atomic E-state index is 0.0935. The van der Waals surface area contributed by atoms with Gasteiger partial charge in [0, 0.05) is 5.56 Å². The first-order chi connectivity index (χ1) is 13.6. The molecule has 0 aromatic heterocycles. The Hall–Kier alpha value is -1.90. The van der Waals surface area contributed by atoms with Crippen LogP contribution in [-0.2, 0) is 19.3 Å². The normalized spacial score (nSPS) is 16.1. The van der Waals surface area contributed by atoms with Gasteiger partial charge in [-0.1, -0.05) is 39.2 Å². The van der Waals surface area contributed by atoms with Gasteiger partial charge in [-0.3, -0.25) is 0 Å². The molecule has 2 aromatic rings. The lowest BCUT2D eigenvalue weighted by Crippen LogP contribution is -2.16. The summed E-state index contributed by atoms with van der Waals surface area (Å²) in [6, 6.07) is 9.26. The minimum atomic E-state index is -0.375. The first kappa shape index (κ1) is 20.8. The van der Waals surface area contributed by atoms with E-state index in [1.54, 1.807) is 12.1 Å². The molecule has 3 rings (SSSR count). The summed E-state index contributed by atoms with van der Waals surface area (Å²) in [5.74, 6) is 0.0578. The maximum Gasteiger partial charge on any atom is 0.129 e. The molecule has 1 aliphatic rings. The van der Waals surface area contributed by atoms with E-state index in [0.717, 1.165) is 69.3 Å². The number of fused-ring (bicyclic) bond motifs is 1. The van der Waals surface area contributed by atoms with Crippen molar-refractivity contribution in [3.8, 4) is 5.75 Å². The SMILES string of the molecule is CCCCCc1cc(F)c(C2CCc3cc(OCCCC)ccc3C2)c(F)c1. The molecule has 0 amide bonds. The third kappa shape index (κ3) is 5.12. The molecule has 1 atom stereocenters. The number of unbranched alkanes of at least 4 members (excludes halogenated alkanes) is 3. The van der Waals surface area contributed by atoms with Crippen LogP contribution >= 0.6 is 0 Å². The Kier molecular flexibility index (Phi) is 7.47. The molecule has 1 aliphatic carbocycles. The summed E-state index contributed by atoms with van der Waals surface area (Å²) in [7, 11) is 0. The topological polar surface area (TPSA) is 9.23 Å². The highest BCUT2D eigenvalue weighted by Crippen LogP contribution is 2.37. The molecule has 0 saturated carbocycles. The average Bonchev–Trinajstić information content (AvgIpc) is 2.68. The number of hydrogen-bond acceptors (Lipinski definition) is 1. The Morgan fingerprint density at radius 1 is 0.929 bits per heavy atom. The number of benzene rings is 2. The summed E-state index contributed by atoms with van der Waals surface area (Å²) in [5.41, 5.74) is 3.48. The van der Waals surface area contributed by atoms with Crippen molar-refractivity contribution in [3.63, 3.8) is 0 Å². The fourth-order valence-electron chi connectivity index (χ4n) is 4.15. The number of halogens is 2. The lowest BCUT2D eigenvalue weighted by Gasteiger charge is -2.26. The number of rotatable bonds is 9. The Morgan fingerprint density at radius 3 is 2.39 bits per heavy atom. The van der Waals surface area contributed by atoms with Gasteiger partial charge in [-0.2, -0.15) is 0 Å². The number of hydrogen-bond donors (Lipinski definition) is 0. The largest absolute Gasteiger partial charge is 0.494 e. The zero-order valence-electron chi connectivity index (χ0n) is 17.2. The molecular weight excluding hydrogens is 354 g/mol. The van der Waals surface area contributed by atoms with Gasteiger partial charge in [0.2, 0.25) is 0 Å². The molecule has 0 bridgehead atoms. The van der Waals surface area contributed by atoms with Gasteiger partial charge in [0.05, 0.1) is 6.61 Å². The van der Waals surface area contributed by atoms with Crippen LogP contribution in [0.3, 0.4) is 0 Å². The van der Waals surface area contributed by atoms with Crippen molar-refractivity contribution in [2.75, 3.05) is 6.61 Å². The van der Waals surface area contributed by atoms with Gasteiger partial charge in [-0.15, -0.1) is 0 Å². The van der Waals surface area contributed by atoms with Crippen LogP contribution in [0.5, 0.6) is 5.75 Å². The summed E-state index contributed by atoms with van der Waals surface area (Å²) in [6.07, 6.45) is 8.38. The fourth-order valence-corrected chi connectivity index (χ4v) is 4.15. The Bertz CT molecular complexity index is 761. The molecule has 0 saturated heterocycles. The van der Waals surface area contributed by atoms with E-state index in [0.29, 0.717) is 6.42 Å². The molecular formula is C25H32F2O. The number of aryl methyl sites for hydroxylation is 2. The highest BCUT2D eigenvalue weighted by molar-refractivity contribution is 5.40. The maximum absolute atomic E-state index is 14.8. The first-order valence-corrected chi connectivity index (χ1v) is 10.8. The predicted molar refractivity (Wildman–Crippen MR) is 111 cm³/mol. The molecule has 3 heteroatoms. The summed E-state index contributed by atoms with van der Waals surface area (Å²) in [4.78, 5) is 0. The smallest absolute Gasteiger partial charge is 0.129 e. The summed E-state index contributed by atoms with van der Waals surface area (Å²) < 4.78 is 35.3. The van der Waals surface area contributed by atoms with Gasteiger partial charge in [0.15, 0.2) is 0 Å². The quantitative estimate of drug-likeness (QED) is 0.416. The van der Waals surface area contributed by atoms with E-state index in [4.69, 9.17) is 4.74 Å². The maximum atomic E-state index is 14.8.